The molecule has 3 heterocycles. The fourth-order valence-corrected chi connectivity index (χ4v) is 3.78. The Hall–Kier alpha value is -1.17. The van der Waals surface area contributed by atoms with Crippen LogP contribution in [0.4, 0.5) is 0 Å². The van der Waals surface area contributed by atoms with E-state index in [0.29, 0.717) is 6.54 Å². The number of oxazole rings is 1. The standard InChI is InChI=1S/C16H22N2O2S/c1-11-5-8-21-14(11)15-17-13(12(2)20-15)9-18-7-4-6-16(3,19)10-18/h5,8,19H,4,6-7,9-10H2,1-3H3/t16-/m0/s1. The Labute approximate surface area is 129 Å². The zero-order valence-corrected chi connectivity index (χ0v) is 13.7. The minimum atomic E-state index is -0.580. The Balaban J connectivity index is 1.78. The van der Waals surface area contributed by atoms with Crippen molar-refractivity contribution in [3.8, 4) is 10.8 Å². The second kappa shape index (κ2) is 5.55. The molecule has 0 bridgehead atoms. The number of piperidine rings is 1. The number of likely N-dealkylation sites (tertiary alicyclic amines) is 1. The first-order valence-corrected chi connectivity index (χ1v) is 8.28. The van der Waals surface area contributed by atoms with E-state index < -0.39 is 5.60 Å². The summed E-state index contributed by atoms with van der Waals surface area (Å²) in [6.07, 6.45) is 1.90. The van der Waals surface area contributed by atoms with Crippen LogP contribution >= 0.6 is 11.3 Å². The lowest BCUT2D eigenvalue weighted by molar-refractivity contribution is -0.0185. The van der Waals surface area contributed by atoms with Gasteiger partial charge in [-0.3, -0.25) is 4.90 Å². The van der Waals surface area contributed by atoms with Gasteiger partial charge in [0, 0.05) is 13.1 Å². The maximum absolute atomic E-state index is 10.2. The van der Waals surface area contributed by atoms with Crippen molar-refractivity contribution in [2.24, 2.45) is 0 Å². The monoisotopic (exact) mass is 306 g/mol. The van der Waals surface area contributed by atoms with E-state index in [2.05, 4.69) is 28.3 Å². The molecule has 1 N–H and O–H groups in total. The highest BCUT2D eigenvalue weighted by molar-refractivity contribution is 7.13. The van der Waals surface area contributed by atoms with E-state index in [0.717, 1.165) is 48.2 Å². The fourth-order valence-electron chi connectivity index (χ4n) is 2.93. The number of aromatic nitrogens is 1. The van der Waals surface area contributed by atoms with Crippen molar-refractivity contribution in [3.05, 3.63) is 28.5 Å². The predicted molar refractivity (Wildman–Crippen MR) is 84.4 cm³/mol. The van der Waals surface area contributed by atoms with Gasteiger partial charge in [-0.25, -0.2) is 4.98 Å². The molecule has 0 amide bonds. The molecule has 0 unspecified atom stereocenters. The minimum absolute atomic E-state index is 0.580. The molecule has 1 aliphatic rings. The van der Waals surface area contributed by atoms with Crippen LogP contribution in [0.25, 0.3) is 10.8 Å². The number of aliphatic hydroxyl groups is 1. The van der Waals surface area contributed by atoms with E-state index >= 15 is 0 Å². The molecule has 2 aromatic heterocycles. The molecule has 3 rings (SSSR count). The second-order valence-electron chi connectivity index (χ2n) is 6.27. The summed E-state index contributed by atoms with van der Waals surface area (Å²) in [7, 11) is 0. The van der Waals surface area contributed by atoms with Crippen molar-refractivity contribution in [3.63, 3.8) is 0 Å². The summed E-state index contributed by atoms with van der Waals surface area (Å²) >= 11 is 1.66. The maximum Gasteiger partial charge on any atom is 0.237 e. The molecule has 0 aromatic carbocycles. The predicted octanol–water partition coefficient (Wildman–Crippen LogP) is 3.37. The van der Waals surface area contributed by atoms with Gasteiger partial charge in [0.1, 0.15) is 5.76 Å². The smallest absolute Gasteiger partial charge is 0.237 e. The lowest BCUT2D eigenvalue weighted by atomic mass is 9.95. The minimum Gasteiger partial charge on any atom is -0.440 e. The van der Waals surface area contributed by atoms with Crippen LogP contribution in [0.1, 0.15) is 36.8 Å². The topological polar surface area (TPSA) is 49.5 Å². The molecular weight excluding hydrogens is 284 g/mol. The van der Waals surface area contributed by atoms with Crippen LogP contribution in [0.3, 0.4) is 0 Å². The number of thiophene rings is 1. The fraction of sp³-hybridized carbons (Fsp3) is 0.562. The summed E-state index contributed by atoms with van der Waals surface area (Å²) in [5, 5.41) is 12.3. The van der Waals surface area contributed by atoms with E-state index in [1.54, 1.807) is 11.3 Å². The number of β-amino-alcohol motifs (C(OH)–C–C–N with tert-alkyl or cyclic N) is 1. The van der Waals surface area contributed by atoms with Crippen molar-refractivity contribution in [1.82, 2.24) is 9.88 Å². The molecule has 0 saturated carbocycles. The van der Waals surface area contributed by atoms with Gasteiger partial charge in [0.15, 0.2) is 0 Å². The second-order valence-corrected chi connectivity index (χ2v) is 7.18. The Bertz CT molecular complexity index is 630. The Morgan fingerprint density at radius 1 is 1.48 bits per heavy atom. The highest BCUT2D eigenvalue weighted by Gasteiger charge is 2.29. The van der Waals surface area contributed by atoms with Gasteiger partial charge in [-0.1, -0.05) is 0 Å². The Morgan fingerprint density at radius 2 is 2.29 bits per heavy atom. The third-order valence-corrected chi connectivity index (χ3v) is 5.08. The molecule has 114 valence electrons. The third kappa shape index (κ3) is 3.20. The molecule has 0 radical (unpaired) electrons. The van der Waals surface area contributed by atoms with Crippen LogP contribution in [0, 0.1) is 13.8 Å². The largest absolute Gasteiger partial charge is 0.440 e. The lowest BCUT2D eigenvalue weighted by Crippen LogP contribution is -2.45. The molecule has 1 atom stereocenters. The molecule has 0 aliphatic carbocycles. The van der Waals surface area contributed by atoms with Crippen LogP contribution in [-0.2, 0) is 6.54 Å². The average molecular weight is 306 g/mol. The number of hydrogen-bond acceptors (Lipinski definition) is 5. The molecular formula is C16H22N2O2S. The van der Waals surface area contributed by atoms with Crippen molar-refractivity contribution in [1.29, 1.82) is 0 Å². The van der Waals surface area contributed by atoms with Gasteiger partial charge in [-0.15, -0.1) is 11.3 Å². The Morgan fingerprint density at radius 3 is 2.95 bits per heavy atom. The van der Waals surface area contributed by atoms with Crippen LogP contribution in [0.5, 0.6) is 0 Å². The van der Waals surface area contributed by atoms with E-state index in [9.17, 15) is 5.11 Å². The number of nitrogens with zero attached hydrogens (tertiary/aromatic N) is 2. The van der Waals surface area contributed by atoms with Crippen LogP contribution < -0.4 is 0 Å². The molecule has 5 heteroatoms. The zero-order chi connectivity index (χ0) is 15.0. The maximum atomic E-state index is 10.2. The number of aryl methyl sites for hydroxylation is 2. The summed E-state index contributed by atoms with van der Waals surface area (Å²) in [5.41, 5.74) is 1.60. The summed E-state index contributed by atoms with van der Waals surface area (Å²) in [6, 6.07) is 2.08. The van der Waals surface area contributed by atoms with Crippen molar-refractivity contribution in [2.75, 3.05) is 13.1 Å². The van der Waals surface area contributed by atoms with E-state index in [1.165, 1.54) is 5.56 Å². The first-order chi connectivity index (χ1) is 9.94. The van der Waals surface area contributed by atoms with Crippen LogP contribution in [0.2, 0.25) is 0 Å². The van der Waals surface area contributed by atoms with Crippen molar-refractivity contribution < 1.29 is 9.52 Å². The van der Waals surface area contributed by atoms with Crippen molar-refractivity contribution >= 4 is 11.3 Å². The SMILES string of the molecule is Cc1ccsc1-c1nc(CN2CCC[C@](C)(O)C2)c(C)o1. The first kappa shape index (κ1) is 14.8. The van der Waals surface area contributed by atoms with Crippen LogP contribution in [0.15, 0.2) is 15.9 Å². The zero-order valence-electron chi connectivity index (χ0n) is 12.8. The lowest BCUT2D eigenvalue weighted by Gasteiger charge is -2.36. The van der Waals surface area contributed by atoms with E-state index in [1.807, 2.05) is 13.8 Å². The molecule has 1 saturated heterocycles. The summed E-state index contributed by atoms with van der Waals surface area (Å²) < 4.78 is 5.84. The normalized spacial score (nSPS) is 23.6. The molecule has 21 heavy (non-hydrogen) atoms. The average Bonchev–Trinajstić information content (AvgIpc) is 2.95. The third-order valence-electron chi connectivity index (χ3n) is 4.08. The summed E-state index contributed by atoms with van der Waals surface area (Å²) in [4.78, 5) is 8.05. The van der Waals surface area contributed by atoms with Gasteiger partial charge >= 0.3 is 0 Å². The quantitative estimate of drug-likeness (QED) is 0.944. The Kier molecular flexibility index (Phi) is 3.90. The van der Waals surface area contributed by atoms with Gasteiger partial charge in [0.25, 0.3) is 0 Å². The summed E-state index contributed by atoms with van der Waals surface area (Å²) in [6.45, 7) is 8.41. The van der Waals surface area contributed by atoms with Crippen molar-refractivity contribution in [2.45, 2.75) is 45.8 Å². The highest BCUT2D eigenvalue weighted by Crippen LogP contribution is 2.30. The highest BCUT2D eigenvalue weighted by atomic mass is 32.1. The molecule has 0 spiro atoms. The van der Waals surface area contributed by atoms with Crippen LogP contribution in [-0.4, -0.2) is 33.7 Å². The van der Waals surface area contributed by atoms with E-state index in [4.69, 9.17) is 4.42 Å². The summed E-state index contributed by atoms with van der Waals surface area (Å²) in [5.74, 6) is 1.60. The van der Waals surface area contributed by atoms with E-state index in [-0.39, 0.29) is 0 Å². The van der Waals surface area contributed by atoms with Gasteiger partial charge in [0.2, 0.25) is 5.89 Å². The molecule has 1 fully saturated rings. The van der Waals surface area contributed by atoms with Gasteiger partial charge in [-0.2, -0.15) is 0 Å². The van der Waals surface area contributed by atoms with Gasteiger partial charge in [0.05, 0.1) is 16.2 Å². The van der Waals surface area contributed by atoms with Gasteiger partial charge in [-0.05, 0) is 57.2 Å². The number of rotatable bonds is 3. The number of hydrogen-bond donors (Lipinski definition) is 1. The first-order valence-electron chi connectivity index (χ1n) is 7.40. The molecule has 2 aromatic rings. The molecule has 4 nitrogen and oxygen atoms in total. The van der Waals surface area contributed by atoms with Gasteiger partial charge < -0.3 is 9.52 Å². The molecule has 1 aliphatic heterocycles.